The summed E-state index contributed by atoms with van der Waals surface area (Å²) < 4.78 is 50.4. The molecule has 0 aliphatic rings. The average molecular weight is 475 g/mol. The molecule has 0 bridgehead atoms. The number of halogens is 3. The molecule has 5 nitrogen and oxygen atoms in total. The van der Waals surface area contributed by atoms with E-state index in [9.17, 15) is 13.2 Å². The van der Waals surface area contributed by atoms with Crippen molar-refractivity contribution < 1.29 is 22.6 Å². The minimum Gasteiger partial charge on any atom is -0.483 e. The van der Waals surface area contributed by atoms with E-state index in [0.29, 0.717) is 24.7 Å². The summed E-state index contributed by atoms with van der Waals surface area (Å²) in [6.07, 6.45) is -2.27. The molecule has 0 fully saturated rings. The van der Waals surface area contributed by atoms with Gasteiger partial charge in [-0.3, -0.25) is 4.98 Å². The Kier molecular flexibility index (Phi) is 7.58. The highest BCUT2D eigenvalue weighted by Crippen LogP contribution is 2.29. The molecule has 0 radical (unpaired) electrons. The molecule has 0 aliphatic carbocycles. The van der Waals surface area contributed by atoms with E-state index in [1.807, 2.05) is 60.7 Å². The molecule has 8 heteroatoms. The van der Waals surface area contributed by atoms with E-state index in [0.717, 1.165) is 23.4 Å². The highest BCUT2D eigenvalue weighted by molar-refractivity contribution is 5.38. The van der Waals surface area contributed by atoms with Gasteiger partial charge in [0, 0.05) is 24.0 Å². The molecule has 0 saturated heterocycles. The quantitative estimate of drug-likeness (QED) is 0.324. The zero-order valence-electron chi connectivity index (χ0n) is 18.5. The first-order valence-corrected chi connectivity index (χ1v) is 10.7. The second-order valence-corrected chi connectivity index (χ2v) is 7.49. The molecular weight excluding hydrogens is 455 g/mol. The van der Waals surface area contributed by atoms with E-state index in [4.69, 9.17) is 9.47 Å². The molecule has 4 rings (SSSR count). The maximum absolute atomic E-state index is 12.9. The number of rotatable bonds is 7. The van der Waals surface area contributed by atoms with Gasteiger partial charge in [0.15, 0.2) is 5.75 Å². The average Bonchev–Trinajstić information content (AvgIpc) is 2.88. The van der Waals surface area contributed by atoms with Gasteiger partial charge in [-0.1, -0.05) is 72.5 Å². The van der Waals surface area contributed by atoms with Crippen molar-refractivity contribution in [1.29, 1.82) is 0 Å². The summed E-state index contributed by atoms with van der Waals surface area (Å²) >= 11 is 0. The molecule has 0 unspecified atom stereocenters. The second-order valence-electron chi connectivity index (χ2n) is 7.49. The smallest absolute Gasteiger partial charge is 0.417 e. The number of nitrogens with zero attached hydrogens (tertiary/aromatic N) is 3. The molecule has 0 saturated carbocycles. The van der Waals surface area contributed by atoms with Crippen molar-refractivity contribution >= 4 is 0 Å². The Morgan fingerprint density at radius 3 is 2.09 bits per heavy atom. The molecule has 35 heavy (non-hydrogen) atoms. The van der Waals surface area contributed by atoms with Crippen LogP contribution in [0.15, 0.2) is 85.2 Å². The minimum atomic E-state index is -4.48. The number of ether oxygens (including phenoxy) is 2. The van der Waals surface area contributed by atoms with Crippen molar-refractivity contribution in [2.24, 2.45) is 0 Å². The molecular formula is C27H20F3N3O2. The van der Waals surface area contributed by atoms with Crippen molar-refractivity contribution in [3.05, 3.63) is 113 Å². The van der Waals surface area contributed by atoms with Crippen molar-refractivity contribution in [1.82, 2.24) is 15.2 Å². The zero-order chi connectivity index (χ0) is 24.5. The van der Waals surface area contributed by atoms with Gasteiger partial charge in [-0.25, -0.2) is 0 Å². The summed E-state index contributed by atoms with van der Waals surface area (Å²) in [5, 5.41) is 8.29. The summed E-state index contributed by atoms with van der Waals surface area (Å²) in [6, 6.07) is 21.9. The summed E-state index contributed by atoms with van der Waals surface area (Å²) in [5.41, 5.74) is 1.74. The molecule has 0 N–H and O–H groups in total. The Bertz CT molecular complexity index is 1320. The number of pyridine rings is 1. The van der Waals surface area contributed by atoms with Crippen LogP contribution in [0.3, 0.4) is 0 Å². The third kappa shape index (κ3) is 7.05. The van der Waals surface area contributed by atoms with Gasteiger partial charge in [0.1, 0.15) is 13.2 Å². The van der Waals surface area contributed by atoms with Gasteiger partial charge < -0.3 is 9.47 Å². The first-order chi connectivity index (χ1) is 17.0. The van der Waals surface area contributed by atoms with Gasteiger partial charge >= 0.3 is 6.18 Å². The van der Waals surface area contributed by atoms with Crippen molar-refractivity contribution in [3.63, 3.8) is 0 Å². The van der Waals surface area contributed by atoms with Crippen LogP contribution >= 0.6 is 0 Å². The fourth-order valence-corrected chi connectivity index (χ4v) is 3.05. The predicted octanol–water partition coefficient (Wildman–Crippen LogP) is 5.64. The van der Waals surface area contributed by atoms with Gasteiger partial charge in [0.05, 0.1) is 17.7 Å². The monoisotopic (exact) mass is 475 g/mol. The number of hydrogen-bond donors (Lipinski definition) is 0. The normalized spacial score (nSPS) is 10.8. The number of aromatic nitrogens is 3. The van der Waals surface area contributed by atoms with Crippen LogP contribution in [0.5, 0.6) is 11.6 Å². The molecule has 0 amide bonds. The van der Waals surface area contributed by atoms with Gasteiger partial charge in [-0.2, -0.15) is 18.3 Å². The van der Waals surface area contributed by atoms with Crippen molar-refractivity contribution in [3.8, 4) is 23.5 Å². The predicted molar refractivity (Wildman–Crippen MR) is 123 cm³/mol. The molecule has 2 aromatic heterocycles. The molecule has 0 aliphatic heterocycles. The third-order valence-corrected chi connectivity index (χ3v) is 4.80. The first kappa shape index (κ1) is 23.8. The van der Waals surface area contributed by atoms with Crippen LogP contribution in [0.1, 0.15) is 27.9 Å². The van der Waals surface area contributed by atoms with Crippen molar-refractivity contribution in [2.75, 3.05) is 0 Å². The lowest BCUT2D eigenvalue weighted by Crippen LogP contribution is -2.05. The maximum Gasteiger partial charge on any atom is 0.417 e. The first-order valence-electron chi connectivity index (χ1n) is 10.7. The minimum absolute atomic E-state index is 0.157. The van der Waals surface area contributed by atoms with Crippen LogP contribution in [-0.2, 0) is 25.8 Å². The van der Waals surface area contributed by atoms with Crippen LogP contribution in [0.25, 0.3) is 0 Å². The highest BCUT2D eigenvalue weighted by atomic mass is 19.4. The van der Waals surface area contributed by atoms with E-state index >= 15 is 0 Å². The Hall–Kier alpha value is -4.38. The van der Waals surface area contributed by atoms with Crippen LogP contribution in [0.2, 0.25) is 0 Å². The zero-order valence-corrected chi connectivity index (χ0v) is 18.5. The Labute approximate surface area is 200 Å². The van der Waals surface area contributed by atoms with Gasteiger partial charge in [-0.15, -0.1) is 5.10 Å². The Morgan fingerprint density at radius 2 is 1.43 bits per heavy atom. The second kappa shape index (κ2) is 11.2. The number of benzene rings is 2. The van der Waals surface area contributed by atoms with E-state index in [1.165, 1.54) is 6.20 Å². The lowest BCUT2D eigenvalue weighted by atomic mass is 10.2. The van der Waals surface area contributed by atoms with E-state index in [2.05, 4.69) is 27.0 Å². The van der Waals surface area contributed by atoms with Crippen molar-refractivity contribution in [2.45, 2.75) is 25.8 Å². The summed E-state index contributed by atoms with van der Waals surface area (Å²) in [7, 11) is 0. The topological polar surface area (TPSA) is 57.1 Å². The fraction of sp³-hybridized carbons (Fsp3) is 0.148. The fourth-order valence-electron chi connectivity index (χ4n) is 3.05. The summed E-state index contributed by atoms with van der Waals surface area (Å²) in [6.45, 7) is 0.591. The van der Waals surface area contributed by atoms with Crippen LogP contribution < -0.4 is 9.47 Å². The van der Waals surface area contributed by atoms with Crippen LogP contribution in [-0.4, -0.2) is 15.2 Å². The molecule has 176 valence electrons. The Morgan fingerprint density at radius 1 is 0.771 bits per heavy atom. The lowest BCUT2D eigenvalue weighted by molar-refractivity contribution is -0.137. The molecule has 2 heterocycles. The highest BCUT2D eigenvalue weighted by Gasteiger charge is 2.30. The standard InChI is InChI=1S/C27H20F3N3O2/c28-27(29,30)23-14-22(16-31-17-23)12-7-13-24-15-25(34-18-20-8-3-1-4-9-20)26(33-32-24)35-19-21-10-5-2-6-11-21/h1-6,8-11,14-17H,13,18-19H2. The van der Waals surface area contributed by atoms with Gasteiger partial charge in [-0.05, 0) is 17.2 Å². The van der Waals surface area contributed by atoms with Gasteiger partial charge in [0.25, 0.3) is 5.88 Å². The summed E-state index contributed by atoms with van der Waals surface area (Å²) in [4.78, 5) is 3.61. The summed E-state index contributed by atoms with van der Waals surface area (Å²) in [5.74, 6) is 6.15. The van der Waals surface area contributed by atoms with Gasteiger partial charge in [0.2, 0.25) is 0 Å². The lowest BCUT2D eigenvalue weighted by Gasteiger charge is -2.12. The molecule has 2 aromatic carbocycles. The molecule has 0 spiro atoms. The number of alkyl halides is 3. The Balaban J connectivity index is 1.50. The largest absolute Gasteiger partial charge is 0.483 e. The van der Waals surface area contributed by atoms with Crippen LogP contribution in [0.4, 0.5) is 13.2 Å². The maximum atomic E-state index is 12.9. The SMILES string of the molecule is FC(F)(F)c1cncc(C#CCc2cc(OCc3ccccc3)c(OCc3ccccc3)nn2)c1. The van der Waals surface area contributed by atoms with E-state index in [-0.39, 0.29) is 17.9 Å². The number of hydrogen-bond acceptors (Lipinski definition) is 5. The van der Waals surface area contributed by atoms with E-state index < -0.39 is 11.7 Å². The third-order valence-electron chi connectivity index (χ3n) is 4.80. The molecule has 4 aromatic rings. The van der Waals surface area contributed by atoms with E-state index in [1.54, 1.807) is 6.07 Å². The molecule has 0 atom stereocenters. The van der Waals surface area contributed by atoms with Crippen LogP contribution in [0, 0.1) is 11.8 Å².